The van der Waals surface area contributed by atoms with Crippen LogP contribution in [0.3, 0.4) is 0 Å². The Labute approximate surface area is 221 Å². The summed E-state index contributed by atoms with van der Waals surface area (Å²) in [6, 6.07) is 18.3. The zero-order valence-electron chi connectivity index (χ0n) is 20.6. The minimum atomic E-state index is -1.10. The third-order valence-corrected chi connectivity index (χ3v) is 6.52. The number of carbonyl (C=O) groups excluding carboxylic acids is 3. The summed E-state index contributed by atoms with van der Waals surface area (Å²) in [5.74, 6) is -1.23. The van der Waals surface area contributed by atoms with E-state index in [1.807, 2.05) is 48.5 Å². The first-order chi connectivity index (χ1) is 18.4. The number of hydrogen-bond donors (Lipinski definition) is 1. The minimum absolute atomic E-state index is 0.00819. The van der Waals surface area contributed by atoms with Crippen molar-refractivity contribution in [1.29, 1.82) is 0 Å². The molecule has 1 atom stereocenters. The maximum absolute atomic E-state index is 13.3. The molecule has 0 saturated heterocycles. The Hall–Kier alpha value is -4.57. The first kappa shape index (κ1) is 25.1. The maximum atomic E-state index is 13.3. The highest BCUT2D eigenvalue weighted by atomic mass is 32.1. The lowest BCUT2D eigenvalue weighted by Gasteiger charge is -2.14. The number of oxazole rings is 1. The van der Waals surface area contributed by atoms with E-state index in [1.54, 1.807) is 24.4 Å². The molecule has 9 nitrogen and oxygen atoms in total. The molecule has 1 unspecified atom stereocenters. The van der Waals surface area contributed by atoms with Crippen molar-refractivity contribution in [2.24, 2.45) is 0 Å². The number of thiazole rings is 1. The predicted octanol–water partition coefficient (Wildman–Crippen LogP) is 5.39. The molecule has 1 N–H and O–H groups in total. The number of hydrogen-bond acceptors (Lipinski definition) is 9. The highest BCUT2D eigenvalue weighted by molar-refractivity contribution is 7.13. The van der Waals surface area contributed by atoms with Crippen molar-refractivity contribution in [3.8, 4) is 11.5 Å². The Morgan fingerprint density at radius 1 is 1.03 bits per heavy atom. The number of esters is 2. The molecule has 0 fully saturated rings. The van der Waals surface area contributed by atoms with Crippen LogP contribution >= 0.6 is 11.3 Å². The lowest BCUT2D eigenvalue weighted by molar-refractivity contribution is -0.142. The number of rotatable bonds is 8. The molecule has 0 radical (unpaired) electrons. The van der Waals surface area contributed by atoms with Crippen molar-refractivity contribution in [2.45, 2.75) is 26.4 Å². The van der Waals surface area contributed by atoms with Gasteiger partial charge in [0.25, 0.3) is 5.91 Å². The predicted molar refractivity (Wildman–Crippen MR) is 143 cm³/mol. The van der Waals surface area contributed by atoms with E-state index < -0.39 is 23.9 Å². The number of fused-ring (bicyclic) bond motifs is 2. The Balaban J connectivity index is 1.35. The molecule has 1 amide bonds. The molecule has 5 aromatic rings. The number of nitrogens with one attached hydrogen (secondary N) is 1. The van der Waals surface area contributed by atoms with Crippen LogP contribution in [0.25, 0.3) is 33.3 Å². The third-order valence-electron chi connectivity index (χ3n) is 5.71. The summed E-state index contributed by atoms with van der Waals surface area (Å²) < 4.78 is 16.4. The zero-order chi connectivity index (χ0) is 26.6. The van der Waals surface area contributed by atoms with Gasteiger partial charge in [-0.15, -0.1) is 11.3 Å². The number of ether oxygens (including phenoxy) is 2. The number of para-hydroxylation sites is 2. The molecule has 0 saturated carbocycles. The van der Waals surface area contributed by atoms with E-state index in [1.165, 1.54) is 18.3 Å². The SMILES string of the molecule is CCOC(=O)Cc1csc(NC(=O)C(C)OC(=O)c2cccc3cccc(-c4nc5ccccc5o4)c23)n1. The summed E-state index contributed by atoms with van der Waals surface area (Å²) in [7, 11) is 0. The average molecular weight is 530 g/mol. The molecule has 3 aromatic carbocycles. The number of amides is 1. The molecule has 0 spiro atoms. The number of benzene rings is 3. The van der Waals surface area contributed by atoms with Crippen LogP contribution in [0.5, 0.6) is 0 Å². The van der Waals surface area contributed by atoms with Crippen LogP contribution in [-0.2, 0) is 25.5 Å². The molecule has 192 valence electrons. The van der Waals surface area contributed by atoms with E-state index >= 15 is 0 Å². The van der Waals surface area contributed by atoms with E-state index in [-0.39, 0.29) is 18.6 Å². The summed E-state index contributed by atoms with van der Waals surface area (Å²) in [6.45, 7) is 3.48. The van der Waals surface area contributed by atoms with Gasteiger partial charge in [0.2, 0.25) is 5.89 Å². The Kier molecular flexibility index (Phi) is 7.14. The summed E-state index contributed by atoms with van der Waals surface area (Å²) in [5, 5.41) is 5.99. The monoisotopic (exact) mass is 529 g/mol. The lowest BCUT2D eigenvalue weighted by Crippen LogP contribution is -2.30. The van der Waals surface area contributed by atoms with Gasteiger partial charge >= 0.3 is 11.9 Å². The summed E-state index contributed by atoms with van der Waals surface area (Å²) in [4.78, 5) is 46.4. The zero-order valence-corrected chi connectivity index (χ0v) is 21.4. The van der Waals surface area contributed by atoms with Gasteiger partial charge in [0, 0.05) is 16.3 Å². The second-order valence-corrected chi connectivity index (χ2v) is 9.22. The van der Waals surface area contributed by atoms with Crippen molar-refractivity contribution in [3.05, 3.63) is 77.3 Å². The standard InChI is InChI=1S/C28H23N3O6S/c1-3-35-23(32)14-18-15-38-28(29-18)31-25(33)16(2)36-27(34)20-11-7-9-17-8-6-10-19(24(17)20)26-30-21-12-4-5-13-22(21)37-26/h4-13,15-16H,3,14H2,1-2H3,(H,29,31,33). The molecule has 0 aliphatic rings. The number of aromatic nitrogens is 2. The largest absolute Gasteiger partial charge is 0.466 e. The molecular formula is C28H23N3O6S. The molecular weight excluding hydrogens is 506 g/mol. The van der Waals surface area contributed by atoms with Gasteiger partial charge in [0.1, 0.15) is 5.52 Å². The summed E-state index contributed by atoms with van der Waals surface area (Å²) >= 11 is 1.17. The quantitative estimate of drug-likeness (QED) is 0.266. The lowest BCUT2D eigenvalue weighted by atomic mass is 9.99. The fraction of sp³-hybridized carbons (Fsp3) is 0.179. The van der Waals surface area contributed by atoms with E-state index in [4.69, 9.17) is 13.9 Å². The topological polar surface area (TPSA) is 121 Å². The Morgan fingerprint density at radius 2 is 1.82 bits per heavy atom. The smallest absolute Gasteiger partial charge is 0.339 e. The number of anilines is 1. The molecule has 2 aromatic heterocycles. The van der Waals surface area contributed by atoms with Gasteiger partial charge in [0.15, 0.2) is 16.8 Å². The summed E-state index contributed by atoms with van der Waals surface area (Å²) in [6.07, 6.45) is -1.10. The first-order valence-electron chi connectivity index (χ1n) is 11.9. The van der Waals surface area contributed by atoms with Gasteiger partial charge in [-0.2, -0.15) is 0 Å². The number of carbonyl (C=O) groups is 3. The minimum Gasteiger partial charge on any atom is -0.466 e. The molecule has 0 aliphatic heterocycles. The van der Waals surface area contributed by atoms with E-state index in [0.717, 1.165) is 5.39 Å². The second kappa shape index (κ2) is 10.8. The van der Waals surface area contributed by atoms with E-state index in [0.29, 0.717) is 38.8 Å². The normalized spacial score (nSPS) is 11.8. The van der Waals surface area contributed by atoms with Crippen LogP contribution in [0, 0.1) is 0 Å². The average Bonchev–Trinajstić information content (AvgIpc) is 3.54. The van der Waals surface area contributed by atoms with Crippen molar-refractivity contribution in [3.63, 3.8) is 0 Å². The first-order valence-corrected chi connectivity index (χ1v) is 12.8. The fourth-order valence-corrected chi connectivity index (χ4v) is 4.68. The Morgan fingerprint density at radius 3 is 2.61 bits per heavy atom. The van der Waals surface area contributed by atoms with Crippen LogP contribution in [0.15, 0.2) is 70.5 Å². The van der Waals surface area contributed by atoms with Gasteiger partial charge in [-0.25, -0.2) is 14.8 Å². The van der Waals surface area contributed by atoms with Gasteiger partial charge in [-0.1, -0.05) is 36.4 Å². The van der Waals surface area contributed by atoms with Crippen LogP contribution < -0.4 is 5.32 Å². The van der Waals surface area contributed by atoms with Crippen LogP contribution in [-0.4, -0.2) is 40.5 Å². The van der Waals surface area contributed by atoms with Gasteiger partial charge in [-0.05, 0) is 43.5 Å². The van der Waals surface area contributed by atoms with Crippen LogP contribution in [0.2, 0.25) is 0 Å². The molecule has 0 aliphatic carbocycles. The maximum Gasteiger partial charge on any atom is 0.339 e. The molecule has 0 bridgehead atoms. The fourth-order valence-electron chi connectivity index (χ4n) is 3.97. The Bertz CT molecular complexity index is 1620. The van der Waals surface area contributed by atoms with Gasteiger partial charge in [-0.3, -0.25) is 14.9 Å². The third kappa shape index (κ3) is 5.25. The van der Waals surface area contributed by atoms with Gasteiger partial charge in [0.05, 0.1) is 24.3 Å². The van der Waals surface area contributed by atoms with Gasteiger partial charge < -0.3 is 13.9 Å². The highest BCUT2D eigenvalue weighted by Crippen LogP contribution is 2.33. The van der Waals surface area contributed by atoms with Crippen molar-refractivity contribution >= 4 is 56.2 Å². The second-order valence-electron chi connectivity index (χ2n) is 8.36. The van der Waals surface area contributed by atoms with E-state index in [2.05, 4.69) is 15.3 Å². The van der Waals surface area contributed by atoms with Crippen molar-refractivity contribution in [1.82, 2.24) is 9.97 Å². The van der Waals surface area contributed by atoms with E-state index in [9.17, 15) is 14.4 Å². The molecule has 38 heavy (non-hydrogen) atoms. The molecule has 2 heterocycles. The van der Waals surface area contributed by atoms with Crippen LogP contribution in [0.1, 0.15) is 29.9 Å². The van der Waals surface area contributed by atoms with Crippen LogP contribution in [0.4, 0.5) is 5.13 Å². The summed E-state index contributed by atoms with van der Waals surface area (Å²) in [5.41, 5.74) is 2.75. The van der Waals surface area contributed by atoms with Crippen molar-refractivity contribution < 1.29 is 28.3 Å². The number of nitrogens with zero attached hydrogens (tertiary/aromatic N) is 2. The molecule has 10 heteroatoms. The van der Waals surface area contributed by atoms with Crippen molar-refractivity contribution in [2.75, 3.05) is 11.9 Å². The highest BCUT2D eigenvalue weighted by Gasteiger charge is 2.23. The molecule has 5 rings (SSSR count).